The summed E-state index contributed by atoms with van der Waals surface area (Å²) in [4.78, 5) is 23.2. The van der Waals surface area contributed by atoms with Crippen molar-refractivity contribution < 1.29 is 19.2 Å². The van der Waals surface area contributed by atoms with Gasteiger partial charge in [-0.1, -0.05) is 54.1 Å². The minimum absolute atomic E-state index is 0.0165. The Morgan fingerprint density at radius 2 is 1.51 bits per heavy atom. The summed E-state index contributed by atoms with van der Waals surface area (Å²) in [5, 5.41) is 15.5. The lowest BCUT2D eigenvalue weighted by atomic mass is 10.2. The molecule has 4 rings (SSSR count). The first-order chi connectivity index (χ1) is 18.0. The van der Waals surface area contributed by atoms with E-state index in [4.69, 9.17) is 21.1 Å². The number of hydrogen-bond donors (Lipinski definition) is 1. The van der Waals surface area contributed by atoms with Crippen molar-refractivity contribution in [1.29, 1.82) is 0 Å². The molecular weight excluding hydrogens is 494 g/mol. The molecule has 0 aliphatic carbocycles. The predicted octanol–water partition coefficient (Wildman–Crippen LogP) is 6.17. The maximum Gasteiger partial charge on any atom is 0.275 e. The summed E-state index contributed by atoms with van der Waals surface area (Å²) in [6.45, 7) is 0.429. The van der Waals surface area contributed by atoms with Gasteiger partial charge in [-0.3, -0.25) is 14.9 Å². The number of amides is 1. The Balaban J connectivity index is 1.38. The summed E-state index contributed by atoms with van der Waals surface area (Å²) in [7, 11) is 0. The molecule has 0 atom stereocenters. The van der Waals surface area contributed by atoms with E-state index in [9.17, 15) is 14.9 Å². The van der Waals surface area contributed by atoms with E-state index >= 15 is 0 Å². The van der Waals surface area contributed by atoms with Crippen LogP contribution in [0.1, 0.15) is 27.0 Å². The molecule has 0 fully saturated rings. The van der Waals surface area contributed by atoms with Gasteiger partial charge >= 0.3 is 0 Å². The van der Waals surface area contributed by atoms with Gasteiger partial charge in [0.1, 0.15) is 24.7 Å². The van der Waals surface area contributed by atoms with Gasteiger partial charge in [-0.05, 0) is 48.0 Å². The van der Waals surface area contributed by atoms with Gasteiger partial charge in [-0.25, -0.2) is 5.43 Å². The number of hydrogen-bond acceptors (Lipinski definition) is 6. The Labute approximate surface area is 218 Å². The van der Waals surface area contributed by atoms with Crippen LogP contribution in [0.3, 0.4) is 0 Å². The second-order valence-electron chi connectivity index (χ2n) is 7.83. The molecule has 4 aromatic carbocycles. The summed E-state index contributed by atoms with van der Waals surface area (Å²) in [5.74, 6) is 0.513. The summed E-state index contributed by atoms with van der Waals surface area (Å²) in [6.07, 6.45) is 1.48. The molecule has 0 aromatic heterocycles. The van der Waals surface area contributed by atoms with Gasteiger partial charge in [0.15, 0.2) is 0 Å². The van der Waals surface area contributed by atoms with E-state index in [1.807, 2.05) is 30.3 Å². The average Bonchev–Trinajstić information content (AvgIpc) is 2.92. The fraction of sp³-hybridized carbons (Fsp3) is 0.0714. The maximum absolute atomic E-state index is 12.8. The van der Waals surface area contributed by atoms with Crippen molar-refractivity contribution in [2.24, 2.45) is 5.10 Å². The van der Waals surface area contributed by atoms with Crippen LogP contribution in [0.4, 0.5) is 5.69 Å². The van der Waals surface area contributed by atoms with Crippen molar-refractivity contribution in [3.8, 4) is 11.5 Å². The van der Waals surface area contributed by atoms with Crippen LogP contribution in [-0.2, 0) is 13.2 Å². The molecule has 4 aromatic rings. The van der Waals surface area contributed by atoms with Gasteiger partial charge < -0.3 is 9.47 Å². The third-order valence-corrected chi connectivity index (χ3v) is 5.67. The Morgan fingerprint density at radius 1 is 0.865 bits per heavy atom. The smallest absolute Gasteiger partial charge is 0.275 e. The molecule has 0 aliphatic heterocycles. The summed E-state index contributed by atoms with van der Waals surface area (Å²) in [5.41, 5.74) is 5.10. The number of nitrogens with one attached hydrogen (secondary N) is 1. The maximum atomic E-state index is 12.8. The van der Waals surface area contributed by atoms with Crippen LogP contribution in [0, 0.1) is 10.1 Å². The number of nitro groups is 1. The second kappa shape index (κ2) is 12.3. The summed E-state index contributed by atoms with van der Waals surface area (Å²) in [6, 6.07) is 27.5. The highest BCUT2D eigenvalue weighted by molar-refractivity contribution is 6.31. The van der Waals surface area contributed by atoms with Crippen LogP contribution in [0.15, 0.2) is 102 Å². The molecule has 0 saturated carbocycles. The number of nitro benzene ring substituents is 1. The number of para-hydroxylation sites is 2. The van der Waals surface area contributed by atoms with Gasteiger partial charge in [0.25, 0.3) is 11.6 Å². The molecule has 9 heteroatoms. The van der Waals surface area contributed by atoms with Crippen molar-refractivity contribution in [1.82, 2.24) is 5.43 Å². The third kappa shape index (κ3) is 6.93. The number of halogens is 1. The third-order valence-electron chi connectivity index (χ3n) is 5.30. The first kappa shape index (κ1) is 25.4. The first-order valence-electron chi connectivity index (χ1n) is 11.2. The van der Waals surface area contributed by atoms with E-state index in [1.165, 1.54) is 18.3 Å². The Hall–Kier alpha value is -4.69. The highest BCUT2D eigenvalue weighted by atomic mass is 35.5. The quantitative estimate of drug-likeness (QED) is 0.154. The van der Waals surface area contributed by atoms with Crippen LogP contribution in [0.25, 0.3) is 0 Å². The van der Waals surface area contributed by atoms with Crippen LogP contribution >= 0.6 is 11.6 Å². The number of non-ortho nitro benzene ring substituents is 1. The van der Waals surface area contributed by atoms with Crippen molar-refractivity contribution in [3.05, 3.63) is 134 Å². The van der Waals surface area contributed by atoms with E-state index in [2.05, 4.69) is 10.5 Å². The standard InChI is InChI=1S/C28H22ClN3O5/c29-25-10-4-1-8-22(25)19-37-27-12-6-3-9-24(27)28(33)31-30-17-21-7-2-5-11-26(21)36-18-20-13-15-23(16-14-20)32(34)35/h1-17H,18-19H2,(H,31,33)/b30-17-. The van der Waals surface area contributed by atoms with Crippen molar-refractivity contribution >= 4 is 29.4 Å². The fourth-order valence-electron chi connectivity index (χ4n) is 3.37. The van der Waals surface area contributed by atoms with Gasteiger partial charge in [-0.15, -0.1) is 0 Å². The normalized spacial score (nSPS) is 10.7. The average molecular weight is 516 g/mol. The van der Waals surface area contributed by atoms with Crippen molar-refractivity contribution in [2.75, 3.05) is 0 Å². The van der Waals surface area contributed by atoms with Gasteiger partial charge in [0.05, 0.1) is 16.7 Å². The SMILES string of the molecule is O=C(N/N=C\c1ccccc1OCc1ccc([N+](=O)[O-])cc1)c1ccccc1OCc1ccccc1Cl. The first-order valence-corrected chi connectivity index (χ1v) is 11.6. The highest BCUT2D eigenvalue weighted by Gasteiger charge is 2.12. The molecule has 0 bridgehead atoms. The van der Waals surface area contributed by atoms with Crippen LogP contribution in [0.5, 0.6) is 11.5 Å². The molecule has 0 radical (unpaired) electrons. The minimum atomic E-state index is -0.450. The number of carbonyl (C=O) groups excluding carboxylic acids is 1. The van der Waals surface area contributed by atoms with Gasteiger partial charge in [0, 0.05) is 28.3 Å². The van der Waals surface area contributed by atoms with Crippen LogP contribution < -0.4 is 14.9 Å². The van der Waals surface area contributed by atoms with E-state index in [0.717, 1.165) is 11.1 Å². The van der Waals surface area contributed by atoms with Gasteiger partial charge in [0.2, 0.25) is 0 Å². The van der Waals surface area contributed by atoms with Crippen LogP contribution in [0.2, 0.25) is 5.02 Å². The number of rotatable bonds is 10. The molecule has 1 N–H and O–H groups in total. The number of hydrazone groups is 1. The van der Waals surface area contributed by atoms with Crippen LogP contribution in [-0.4, -0.2) is 17.0 Å². The number of benzene rings is 4. The van der Waals surface area contributed by atoms with Gasteiger partial charge in [-0.2, -0.15) is 5.10 Å². The monoisotopic (exact) mass is 515 g/mol. The number of nitrogens with zero attached hydrogens (tertiary/aromatic N) is 2. The molecule has 8 nitrogen and oxygen atoms in total. The molecular formula is C28H22ClN3O5. The number of ether oxygens (including phenoxy) is 2. The molecule has 0 saturated heterocycles. The zero-order valence-electron chi connectivity index (χ0n) is 19.5. The molecule has 0 spiro atoms. The Morgan fingerprint density at radius 3 is 2.27 bits per heavy atom. The van der Waals surface area contributed by atoms with E-state index in [-0.39, 0.29) is 18.9 Å². The lowest BCUT2D eigenvalue weighted by molar-refractivity contribution is -0.384. The number of carbonyl (C=O) groups is 1. The summed E-state index contributed by atoms with van der Waals surface area (Å²) < 4.78 is 11.7. The Kier molecular flexibility index (Phi) is 8.46. The lowest BCUT2D eigenvalue weighted by Crippen LogP contribution is -2.18. The van der Waals surface area contributed by atoms with E-state index in [0.29, 0.717) is 27.6 Å². The minimum Gasteiger partial charge on any atom is -0.488 e. The van der Waals surface area contributed by atoms with E-state index in [1.54, 1.807) is 54.6 Å². The highest BCUT2D eigenvalue weighted by Crippen LogP contribution is 2.22. The molecule has 0 heterocycles. The topological polar surface area (TPSA) is 103 Å². The predicted molar refractivity (Wildman–Crippen MR) is 141 cm³/mol. The van der Waals surface area contributed by atoms with Crippen molar-refractivity contribution in [2.45, 2.75) is 13.2 Å². The summed E-state index contributed by atoms with van der Waals surface area (Å²) >= 11 is 6.19. The second-order valence-corrected chi connectivity index (χ2v) is 8.23. The van der Waals surface area contributed by atoms with E-state index < -0.39 is 10.8 Å². The lowest BCUT2D eigenvalue weighted by Gasteiger charge is -2.11. The fourth-order valence-corrected chi connectivity index (χ4v) is 3.56. The molecule has 186 valence electrons. The molecule has 1 amide bonds. The Bertz CT molecular complexity index is 1420. The molecule has 0 unspecified atom stereocenters. The van der Waals surface area contributed by atoms with Crippen molar-refractivity contribution in [3.63, 3.8) is 0 Å². The molecule has 37 heavy (non-hydrogen) atoms. The largest absolute Gasteiger partial charge is 0.488 e. The molecule has 0 aliphatic rings. The zero-order chi connectivity index (χ0) is 26.0. The zero-order valence-corrected chi connectivity index (χ0v) is 20.3.